The van der Waals surface area contributed by atoms with Gasteiger partial charge in [-0.2, -0.15) is 13.2 Å². The molecule has 4 nitrogen and oxygen atoms in total. The Morgan fingerprint density at radius 2 is 2.00 bits per heavy atom. The Hall–Kier alpha value is -2.05. The van der Waals surface area contributed by atoms with Crippen molar-refractivity contribution >= 4 is 0 Å². The summed E-state index contributed by atoms with van der Waals surface area (Å²) in [6.45, 7) is 1.89. The predicted molar refractivity (Wildman–Crippen MR) is 62.8 cm³/mol. The average molecular weight is 271 g/mol. The summed E-state index contributed by atoms with van der Waals surface area (Å²) < 4.78 is 39.2. The topological polar surface area (TPSA) is 39.8 Å². The van der Waals surface area contributed by atoms with Crippen LogP contribution in [0.2, 0.25) is 0 Å². The van der Waals surface area contributed by atoms with E-state index in [9.17, 15) is 18.0 Å². The summed E-state index contributed by atoms with van der Waals surface area (Å²) in [5.41, 5.74) is 0.917. The van der Waals surface area contributed by atoms with Crippen LogP contribution in [0.4, 0.5) is 13.2 Å². The second kappa shape index (κ2) is 4.56. The molecular weight excluding hydrogens is 259 g/mol. The van der Waals surface area contributed by atoms with Crippen molar-refractivity contribution in [2.75, 3.05) is 0 Å². The SMILES string of the molecule is Cc1cccc(Cn2nc(C(F)(F)F)n(C)c2=O)c1. The van der Waals surface area contributed by atoms with E-state index in [2.05, 4.69) is 5.10 Å². The zero-order valence-electron chi connectivity index (χ0n) is 10.4. The van der Waals surface area contributed by atoms with Crippen molar-refractivity contribution in [1.29, 1.82) is 0 Å². The molecule has 1 heterocycles. The number of hydrogen-bond acceptors (Lipinski definition) is 2. The van der Waals surface area contributed by atoms with E-state index >= 15 is 0 Å². The van der Waals surface area contributed by atoms with Crippen molar-refractivity contribution in [3.05, 3.63) is 51.7 Å². The van der Waals surface area contributed by atoms with Crippen LogP contribution in [-0.4, -0.2) is 14.3 Å². The van der Waals surface area contributed by atoms with Crippen LogP contribution in [-0.2, 0) is 19.8 Å². The van der Waals surface area contributed by atoms with E-state index in [-0.39, 0.29) is 6.54 Å². The van der Waals surface area contributed by atoms with Gasteiger partial charge in [-0.25, -0.2) is 9.48 Å². The van der Waals surface area contributed by atoms with Gasteiger partial charge < -0.3 is 0 Å². The Morgan fingerprint density at radius 1 is 1.32 bits per heavy atom. The monoisotopic (exact) mass is 271 g/mol. The molecule has 7 heteroatoms. The molecule has 0 unspecified atom stereocenters. The highest BCUT2D eigenvalue weighted by molar-refractivity contribution is 5.22. The van der Waals surface area contributed by atoms with Crippen molar-refractivity contribution in [2.24, 2.45) is 7.05 Å². The fraction of sp³-hybridized carbons (Fsp3) is 0.333. The molecule has 1 aromatic heterocycles. The standard InChI is InChI=1S/C12H12F3N3O/c1-8-4-3-5-9(6-8)7-18-11(19)17(2)10(16-18)12(13,14)15/h3-6H,7H2,1-2H3. The molecule has 0 aliphatic heterocycles. The van der Waals surface area contributed by atoms with E-state index in [4.69, 9.17) is 0 Å². The van der Waals surface area contributed by atoms with Crippen LogP contribution in [0.15, 0.2) is 29.1 Å². The van der Waals surface area contributed by atoms with Crippen LogP contribution in [0.5, 0.6) is 0 Å². The number of halogens is 3. The summed E-state index contributed by atoms with van der Waals surface area (Å²) in [5, 5.41) is 3.35. The minimum absolute atomic E-state index is 0.0183. The van der Waals surface area contributed by atoms with Gasteiger partial charge in [0.2, 0.25) is 5.82 Å². The van der Waals surface area contributed by atoms with Crippen LogP contribution >= 0.6 is 0 Å². The normalized spacial score (nSPS) is 11.8. The molecule has 2 rings (SSSR count). The first kappa shape index (κ1) is 13.4. The Morgan fingerprint density at radius 3 is 2.53 bits per heavy atom. The molecular formula is C12H12F3N3O. The Balaban J connectivity index is 2.40. The number of aromatic nitrogens is 3. The molecule has 0 aliphatic carbocycles. The van der Waals surface area contributed by atoms with Crippen molar-refractivity contribution in [1.82, 2.24) is 14.3 Å². The molecule has 2 aromatic rings. The van der Waals surface area contributed by atoms with E-state index in [1.807, 2.05) is 13.0 Å². The third kappa shape index (κ3) is 2.69. The highest BCUT2D eigenvalue weighted by atomic mass is 19.4. The van der Waals surface area contributed by atoms with Crippen molar-refractivity contribution < 1.29 is 13.2 Å². The fourth-order valence-electron chi connectivity index (χ4n) is 1.82. The van der Waals surface area contributed by atoms with E-state index in [0.717, 1.165) is 22.9 Å². The summed E-state index contributed by atoms with van der Waals surface area (Å²) in [6, 6.07) is 7.19. The maximum Gasteiger partial charge on any atom is 0.451 e. The van der Waals surface area contributed by atoms with Gasteiger partial charge in [-0.1, -0.05) is 29.8 Å². The molecule has 0 saturated carbocycles. The highest BCUT2D eigenvalue weighted by Gasteiger charge is 2.37. The summed E-state index contributed by atoms with van der Waals surface area (Å²) in [4.78, 5) is 11.7. The maximum absolute atomic E-state index is 12.6. The molecule has 0 atom stereocenters. The average Bonchev–Trinajstić information content (AvgIpc) is 2.57. The van der Waals surface area contributed by atoms with Gasteiger partial charge in [0.05, 0.1) is 6.54 Å². The first-order chi connectivity index (χ1) is 8.79. The number of benzene rings is 1. The van der Waals surface area contributed by atoms with Gasteiger partial charge in [0.1, 0.15) is 0 Å². The molecule has 0 aliphatic rings. The molecule has 0 spiro atoms. The molecule has 0 fully saturated rings. The molecule has 19 heavy (non-hydrogen) atoms. The quantitative estimate of drug-likeness (QED) is 0.837. The zero-order chi connectivity index (χ0) is 14.2. The molecule has 1 aromatic carbocycles. The van der Waals surface area contributed by atoms with Gasteiger partial charge in [-0.15, -0.1) is 5.10 Å². The molecule has 0 N–H and O–H groups in total. The Bertz CT molecular complexity index is 655. The van der Waals surface area contributed by atoms with Gasteiger partial charge in [0.15, 0.2) is 0 Å². The van der Waals surface area contributed by atoms with Crippen molar-refractivity contribution in [3.63, 3.8) is 0 Å². The predicted octanol–water partition coefficient (Wildman–Crippen LogP) is 1.96. The van der Waals surface area contributed by atoms with Gasteiger partial charge >= 0.3 is 11.9 Å². The molecule has 102 valence electrons. The third-order valence-corrected chi connectivity index (χ3v) is 2.71. The largest absolute Gasteiger partial charge is 0.451 e. The molecule has 0 amide bonds. The minimum Gasteiger partial charge on any atom is -0.274 e. The lowest BCUT2D eigenvalue weighted by Gasteiger charge is -2.03. The van der Waals surface area contributed by atoms with Crippen LogP contribution in [0.3, 0.4) is 0 Å². The van der Waals surface area contributed by atoms with Crippen LogP contribution in [0.25, 0.3) is 0 Å². The first-order valence-corrected chi connectivity index (χ1v) is 5.55. The fourth-order valence-corrected chi connectivity index (χ4v) is 1.82. The number of hydrogen-bond donors (Lipinski definition) is 0. The zero-order valence-corrected chi connectivity index (χ0v) is 10.4. The first-order valence-electron chi connectivity index (χ1n) is 5.55. The lowest BCUT2D eigenvalue weighted by atomic mass is 10.1. The van der Waals surface area contributed by atoms with Crippen LogP contribution in [0.1, 0.15) is 17.0 Å². The number of aryl methyl sites for hydroxylation is 1. The van der Waals surface area contributed by atoms with Crippen LogP contribution in [0, 0.1) is 6.92 Å². The van der Waals surface area contributed by atoms with Crippen molar-refractivity contribution in [3.8, 4) is 0 Å². The van der Waals surface area contributed by atoms with Gasteiger partial charge in [-0.05, 0) is 12.5 Å². The second-order valence-corrected chi connectivity index (χ2v) is 4.31. The summed E-state index contributed by atoms with van der Waals surface area (Å²) in [5.74, 6) is -1.19. The van der Waals surface area contributed by atoms with Crippen molar-refractivity contribution in [2.45, 2.75) is 19.6 Å². The number of rotatable bonds is 2. The minimum atomic E-state index is -4.63. The summed E-state index contributed by atoms with van der Waals surface area (Å²) in [7, 11) is 1.06. The molecule has 0 saturated heterocycles. The Labute approximate surface area is 107 Å². The summed E-state index contributed by atoms with van der Waals surface area (Å²) in [6.07, 6.45) is -4.63. The smallest absolute Gasteiger partial charge is 0.274 e. The lowest BCUT2D eigenvalue weighted by molar-refractivity contribution is -0.147. The number of alkyl halides is 3. The van der Waals surface area contributed by atoms with Crippen LogP contribution < -0.4 is 5.69 Å². The van der Waals surface area contributed by atoms with Gasteiger partial charge in [-0.3, -0.25) is 4.57 Å². The summed E-state index contributed by atoms with van der Waals surface area (Å²) >= 11 is 0. The maximum atomic E-state index is 12.6. The third-order valence-electron chi connectivity index (χ3n) is 2.71. The molecule has 0 radical (unpaired) electrons. The van der Waals surface area contributed by atoms with Gasteiger partial charge in [0.25, 0.3) is 0 Å². The second-order valence-electron chi connectivity index (χ2n) is 4.31. The van der Waals surface area contributed by atoms with E-state index in [1.54, 1.807) is 18.2 Å². The number of nitrogens with zero attached hydrogens (tertiary/aromatic N) is 3. The Kier molecular flexibility index (Phi) is 3.21. The van der Waals surface area contributed by atoms with E-state index in [1.165, 1.54) is 0 Å². The lowest BCUT2D eigenvalue weighted by Crippen LogP contribution is -2.24. The molecule has 0 bridgehead atoms. The highest BCUT2D eigenvalue weighted by Crippen LogP contribution is 2.26. The van der Waals surface area contributed by atoms with Gasteiger partial charge in [0, 0.05) is 7.05 Å². The van der Waals surface area contributed by atoms with E-state index < -0.39 is 17.7 Å². The van der Waals surface area contributed by atoms with E-state index in [0.29, 0.717) is 4.57 Å².